The summed E-state index contributed by atoms with van der Waals surface area (Å²) in [6.07, 6.45) is 1.77. The molecule has 0 saturated carbocycles. The van der Waals surface area contributed by atoms with Gasteiger partial charge in [0, 0.05) is 31.9 Å². The maximum atomic E-state index is 11.1. The Kier molecular flexibility index (Phi) is 4.47. The SMILES string of the molecule is COc1cc(NC(C)c2ccnn2C)ccc1NC(C)=O. The van der Waals surface area contributed by atoms with E-state index in [2.05, 4.69) is 22.7 Å². The van der Waals surface area contributed by atoms with Crippen LogP contribution in [0.2, 0.25) is 0 Å². The first kappa shape index (κ1) is 14.9. The molecule has 21 heavy (non-hydrogen) atoms. The molecule has 1 heterocycles. The summed E-state index contributed by atoms with van der Waals surface area (Å²) in [4.78, 5) is 11.1. The highest BCUT2D eigenvalue weighted by molar-refractivity contribution is 5.90. The number of aromatic nitrogens is 2. The molecule has 0 aliphatic rings. The minimum absolute atomic E-state index is 0.105. The molecule has 2 aromatic rings. The van der Waals surface area contributed by atoms with Crippen LogP contribution in [0.4, 0.5) is 11.4 Å². The standard InChI is InChI=1S/C15H20N4O2/c1-10(14-7-8-16-19(14)3)17-12-5-6-13(18-11(2)20)15(9-12)21-4/h5-10,17H,1-4H3,(H,18,20). The van der Waals surface area contributed by atoms with E-state index < -0.39 is 0 Å². The van der Waals surface area contributed by atoms with Crippen LogP contribution in [0.25, 0.3) is 0 Å². The molecule has 2 rings (SSSR count). The molecule has 0 fully saturated rings. The van der Waals surface area contributed by atoms with E-state index in [1.54, 1.807) is 13.3 Å². The number of amides is 1. The van der Waals surface area contributed by atoms with E-state index in [1.807, 2.05) is 36.0 Å². The van der Waals surface area contributed by atoms with Crippen LogP contribution in [0.3, 0.4) is 0 Å². The van der Waals surface area contributed by atoms with Crippen molar-refractivity contribution in [2.45, 2.75) is 19.9 Å². The third kappa shape index (κ3) is 3.53. The first-order chi connectivity index (χ1) is 10.0. The van der Waals surface area contributed by atoms with Crippen LogP contribution in [0.1, 0.15) is 25.6 Å². The van der Waals surface area contributed by atoms with Gasteiger partial charge >= 0.3 is 0 Å². The van der Waals surface area contributed by atoms with Crippen LogP contribution < -0.4 is 15.4 Å². The van der Waals surface area contributed by atoms with Gasteiger partial charge in [0.2, 0.25) is 5.91 Å². The second-order valence-corrected chi connectivity index (χ2v) is 4.84. The summed E-state index contributed by atoms with van der Waals surface area (Å²) in [5, 5.41) is 10.3. The quantitative estimate of drug-likeness (QED) is 0.887. The van der Waals surface area contributed by atoms with Crippen molar-refractivity contribution in [1.29, 1.82) is 0 Å². The number of benzene rings is 1. The number of carbonyl (C=O) groups excluding carboxylic acids is 1. The Balaban J connectivity index is 2.17. The lowest BCUT2D eigenvalue weighted by molar-refractivity contribution is -0.114. The van der Waals surface area contributed by atoms with Crippen molar-refractivity contribution >= 4 is 17.3 Å². The van der Waals surface area contributed by atoms with E-state index in [4.69, 9.17) is 4.74 Å². The minimum atomic E-state index is -0.128. The molecule has 2 N–H and O–H groups in total. The number of nitrogens with one attached hydrogen (secondary N) is 2. The van der Waals surface area contributed by atoms with Crippen molar-refractivity contribution in [2.24, 2.45) is 7.05 Å². The fourth-order valence-electron chi connectivity index (χ4n) is 2.21. The average Bonchev–Trinajstić information content (AvgIpc) is 2.86. The number of anilines is 2. The highest BCUT2D eigenvalue weighted by Crippen LogP contribution is 2.29. The van der Waals surface area contributed by atoms with E-state index in [0.717, 1.165) is 11.4 Å². The number of rotatable bonds is 5. The zero-order chi connectivity index (χ0) is 15.4. The summed E-state index contributed by atoms with van der Waals surface area (Å²) in [7, 11) is 3.49. The number of carbonyl (C=O) groups is 1. The van der Waals surface area contributed by atoms with E-state index >= 15 is 0 Å². The van der Waals surface area contributed by atoms with Crippen molar-refractivity contribution in [3.8, 4) is 5.75 Å². The van der Waals surface area contributed by atoms with Crippen LogP contribution in [-0.2, 0) is 11.8 Å². The Morgan fingerprint density at radius 1 is 1.38 bits per heavy atom. The van der Waals surface area contributed by atoms with Gasteiger partial charge in [-0.2, -0.15) is 5.10 Å². The Morgan fingerprint density at radius 2 is 2.14 bits per heavy atom. The van der Waals surface area contributed by atoms with Gasteiger partial charge in [-0.15, -0.1) is 0 Å². The van der Waals surface area contributed by atoms with E-state index in [1.165, 1.54) is 6.92 Å². The monoisotopic (exact) mass is 288 g/mol. The van der Waals surface area contributed by atoms with Crippen molar-refractivity contribution in [1.82, 2.24) is 9.78 Å². The number of hydrogen-bond acceptors (Lipinski definition) is 4. The molecule has 1 unspecified atom stereocenters. The second-order valence-electron chi connectivity index (χ2n) is 4.84. The van der Waals surface area contributed by atoms with Gasteiger partial charge in [-0.3, -0.25) is 9.48 Å². The molecule has 0 radical (unpaired) electrons. The predicted molar refractivity (Wildman–Crippen MR) is 82.5 cm³/mol. The molecule has 6 heteroatoms. The molecule has 1 aromatic heterocycles. The Hall–Kier alpha value is -2.50. The smallest absolute Gasteiger partial charge is 0.221 e. The van der Waals surface area contributed by atoms with Crippen molar-refractivity contribution in [3.05, 3.63) is 36.2 Å². The molecule has 0 bridgehead atoms. The Morgan fingerprint density at radius 3 is 2.71 bits per heavy atom. The molecule has 1 aromatic carbocycles. The number of hydrogen-bond donors (Lipinski definition) is 2. The summed E-state index contributed by atoms with van der Waals surface area (Å²) in [5.74, 6) is 0.490. The summed E-state index contributed by atoms with van der Waals surface area (Å²) in [6.45, 7) is 3.53. The van der Waals surface area contributed by atoms with E-state index in [0.29, 0.717) is 11.4 Å². The van der Waals surface area contributed by atoms with Gasteiger partial charge in [0.15, 0.2) is 0 Å². The predicted octanol–water partition coefficient (Wildman–Crippen LogP) is 2.56. The molecule has 1 amide bonds. The van der Waals surface area contributed by atoms with Gasteiger partial charge in [0.1, 0.15) is 5.75 Å². The molecular formula is C15H20N4O2. The van der Waals surface area contributed by atoms with Gasteiger partial charge in [-0.25, -0.2) is 0 Å². The third-order valence-corrected chi connectivity index (χ3v) is 3.20. The average molecular weight is 288 g/mol. The van der Waals surface area contributed by atoms with Crippen molar-refractivity contribution < 1.29 is 9.53 Å². The van der Waals surface area contributed by atoms with Gasteiger partial charge in [0.05, 0.1) is 24.5 Å². The first-order valence-corrected chi connectivity index (χ1v) is 6.71. The molecule has 0 aliphatic carbocycles. The van der Waals surface area contributed by atoms with E-state index in [9.17, 15) is 4.79 Å². The van der Waals surface area contributed by atoms with Crippen LogP contribution in [0.15, 0.2) is 30.5 Å². The van der Waals surface area contributed by atoms with Gasteiger partial charge < -0.3 is 15.4 Å². The van der Waals surface area contributed by atoms with Gasteiger partial charge in [0.25, 0.3) is 0 Å². The third-order valence-electron chi connectivity index (χ3n) is 3.20. The lowest BCUT2D eigenvalue weighted by Crippen LogP contribution is -2.12. The molecule has 0 spiro atoms. The number of nitrogens with zero attached hydrogens (tertiary/aromatic N) is 2. The maximum absolute atomic E-state index is 11.1. The highest BCUT2D eigenvalue weighted by Gasteiger charge is 2.11. The first-order valence-electron chi connectivity index (χ1n) is 6.71. The summed E-state index contributed by atoms with van der Waals surface area (Å²) < 4.78 is 7.14. The van der Waals surface area contributed by atoms with Crippen LogP contribution >= 0.6 is 0 Å². The number of methoxy groups -OCH3 is 1. The van der Waals surface area contributed by atoms with Crippen LogP contribution in [-0.4, -0.2) is 22.8 Å². The molecule has 112 valence electrons. The van der Waals surface area contributed by atoms with Gasteiger partial charge in [-0.05, 0) is 25.1 Å². The molecule has 1 atom stereocenters. The molecular weight excluding hydrogens is 268 g/mol. The van der Waals surface area contributed by atoms with Crippen molar-refractivity contribution in [3.63, 3.8) is 0 Å². The highest BCUT2D eigenvalue weighted by atomic mass is 16.5. The number of ether oxygens (including phenoxy) is 1. The van der Waals surface area contributed by atoms with Crippen LogP contribution in [0.5, 0.6) is 5.75 Å². The van der Waals surface area contributed by atoms with Crippen LogP contribution in [0, 0.1) is 0 Å². The zero-order valence-corrected chi connectivity index (χ0v) is 12.7. The summed E-state index contributed by atoms with van der Waals surface area (Å²) in [6, 6.07) is 7.66. The fourth-order valence-corrected chi connectivity index (χ4v) is 2.21. The molecule has 6 nitrogen and oxygen atoms in total. The number of aryl methyl sites for hydroxylation is 1. The Bertz CT molecular complexity index is 636. The molecule has 0 saturated heterocycles. The van der Waals surface area contributed by atoms with Crippen molar-refractivity contribution in [2.75, 3.05) is 17.7 Å². The largest absolute Gasteiger partial charge is 0.494 e. The second kappa shape index (κ2) is 6.30. The fraction of sp³-hybridized carbons (Fsp3) is 0.333. The minimum Gasteiger partial charge on any atom is -0.494 e. The van der Waals surface area contributed by atoms with E-state index in [-0.39, 0.29) is 11.9 Å². The maximum Gasteiger partial charge on any atom is 0.221 e. The lowest BCUT2D eigenvalue weighted by Gasteiger charge is -2.17. The molecule has 0 aliphatic heterocycles. The Labute approximate surface area is 124 Å². The normalized spacial score (nSPS) is 11.8. The topological polar surface area (TPSA) is 68.2 Å². The lowest BCUT2D eigenvalue weighted by atomic mass is 10.2. The zero-order valence-electron chi connectivity index (χ0n) is 12.7. The summed E-state index contributed by atoms with van der Waals surface area (Å²) in [5.41, 5.74) is 2.65. The summed E-state index contributed by atoms with van der Waals surface area (Å²) >= 11 is 0. The van der Waals surface area contributed by atoms with Gasteiger partial charge in [-0.1, -0.05) is 0 Å².